The Hall–Kier alpha value is -5.06. The van der Waals surface area contributed by atoms with Crippen LogP contribution in [0.5, 0.6) is 0 Å². The summed E-state index contributed by atoms with van der Waals surface area (Å²) in [5.74, 6) is -10.1. The van der Waals surface area contributed by atoms with Crippen LogP contribution in [0.4, 0.5) is 32.0 Å². The van der Waals surface area contributed by atoms with Crippen LogP contribution in [-0.2, 0) is 0 Å². The minimum atomic E-state index is -2.04. The Balaban J connectivity index is 2.65. The zero-order chi connectivity index (χ0) is 25.2. The van der Waals surface area contributed by atoms with Gasteiger partial charge in [0.25, 0.3) is 11.4 Å². The molecule has 0 aliphatic carbocycles. The maximum Gasteiger partial charge on any atom is 0.268 e. The lowest BCUT2D eigenvalue weighted by Crippen LogP contribution is -2.18. The third-order valence-corrected chi connectivity index (χ3v) is 4.71. The van der Waals surface area contributed by atoms with Crippen molar-refractivity contribution < 1.29 is 26.3 Å². The second-order valence-corrected chi connectivity index (χ2v) is 6.53. The van der Waals surface area contributed by atoms with E-state index in [-0.39, 0.29) is 5.22 Å². The average molecular weight is 464 g/mol. The van der Waals surface area contributed by atoms with Gasteiger partial charge in [0.2, 0.25) is 0 Å². The van der Waals surface area contributed by atoms with E-state index in [1.54, 1.807) is 6.07 Å². The first-order valence-corrected chi connectivity index (χ1v) is 8.95. The predicted molar refractivity (Wildman–Crippen MR) is 107 cm³/mol. The lowest BCUT2D eigenvalue weighted by Gasteiger charge is -2.11. The van der Waals surface area contributed by atoms with E-state index in [9.17, 15) is 31.6 Å². The van der Waals surface area contributed by atoms with Gasteiger partial charge in [-0.15, -0.1) is 0 Å². The second-order valence-electron chi connectivity index (χ2n) is 6.53. The molecule has 3 aromatic carbocycles. The molecule has 0 heterocycles. The van der Waals surface area contributed by atoms with Gasteiger partial charge in [0, 0.05) is 10.8 Å². The molecule has 0 radical (unpaired) electrons. The molecule has 0 unspecified atom stereocenters. The molecule has 0 aliphatic rings. The van der Waals surface area contributed by atoms with E-state index in [1.807, 2.05) is 0 Å². The molecule has 3 rings (SSSR count). The summed E-state index contributed by atoms with van der Waals surface area (Å²) < 4.78 is 86.3. The molecule has 0 atom stereocenters. The summed E-state index contributed by atoms with van der Waals surface area (Å²) >= 11 is 0. The van der Waals surface area contributed by atoms with Gasteiger partial charge in [0.15, 0.2) is 23.3 Å². The minimum absolute atomic E-state index is 0.0983. The van der Waals surface area contributed by atoms with Crippen molar-refractivity contribution in [3.8, 4) is 23.3 Å². The van der Waals surface area contributed by atoms with Gasteiger partial charge in [-0.3, -0.25) is 0 Å². The van der Waals surface area contributed by atoms with Crippen LogP contribution in [0.2, 0.25) is 0 Å². The normalized spacial score (nSPS) is 12.1. The number of hydrogen-bond donors (Lipinski definition) is 0. The molecule has 4 nitrogen and oxygen atoms in total. The fourth-order valence-electron chi connectivity index (χ4n) is 3.18. The maximum atomic E-state index is 14.7. The predicted octanol–water partition coefficient (Wildman–Crippen LogP) is 5.01. The van der Waals surface area contributed by atoms with Crippen molar-refractivity contribution in [2.45, 2.75) is 0 Å². The lowest BCUT2D eigenvalue weighted by atomic mass is 9.94. The van der Waals surface area contributed by atoms with E-state index in [2.05, 4.69) is 9.69 Å². The van der Waals surface area contributed by atoms with Crippen LogP contribution < -0.4 is 10.4 Å². The van der Waals surface area contributed by atoms with Crippen molar-refractivity contribution in [2.75, 3.05) is 0 Å². The number of rotatable bonds is 2. The van der Waals surface area contributed by atoms with Crippen molar-refractivity contribution in [1.82, 2.24) is 0 Å². The van der Waals surface area contributed by atoms with Crippen molar-refractivity contribution in [3.63, 3.8) is 0 Å². The second kappa shape index (κ2) is 9.20. The molecule has 164 valence electrons. The first-order valence-electron chi connectivity index (χ1n) is 8.95. The Morgan fingerprint density at radius 3 is 1.94 bits per heavy atom. The van der Waals surface area contributed by atoms with Crippen LogP contribution in [-0.4, -0.2) is 0 Å². The average Bonchev–Trinajstić information content (AvgIpc) is 2.83. The highest BCUT2D eigenvalue weighted by atomic mass is 19.2. The van der Waals surface area contributed by atoms with Gasteiger partial charge in [0.05, 0.1) is 30.4 Å². The Morgan fingerprint density at radius 2 is 1.41 bits per heavy atom. The summed E-state index contributed by atoms with van der Waals surface area (Å²) in [4.78, 5) is 5.40. The van der Waals surface area contributed by atoms with Gasteiger partial charge in [0.1, 0.15) is 17.7 Å². The molecule has 0 bridgehead atoms. The first-order chi connectivity index (χ1) is 16.2. The largest absolute Gasteiger partial charge is 0.268 e. The molecule has 3 aromatic rings. The quantitative estimate of drug-likeness (QED) is 0.304. The fourth-order valence-corrected chi connectivity index (χ4v) is 3.18. The highest BCUT2D eigenvalue weighted by Gasteiger charge is 2.28. The molecule has 0 N–H and O–H groups in total. The van der Waals surface area contributed by atoms with Gasteiger partial charge in [-0.25, -0.2) is 41.3 Å². The van der Waals surface area contributed by atoms with Crippen molar-refractivity contribution >= 4 is 17.0 Å². The monoisotopic (exact) mass is 464 g/mol. The Labute approximate surface area is 187 Å². The number of halogens is 6. The van der Waals surface area contributed by atoms with E-state index >= 15 is 0 Å². The van der Waals surface area contributed by atoms with Crippen molar-refractivity contribution in [1.29, 1.82) is 10.5 Å². The Bertz CT molecular complexity index is 1620. The molecule has 0 saturated carbocycles. The van der Waals surface area contributed by atoms with Crippen LogP contribution >= 0.6 is 0 Å². The van der Waals surface area contributed by atoms with Crippen LogP contribution in [0.1, 0.15) is 5.56 Å². The third-order valence-electron chi connectivity index (χ3n) is 4.71. The lowest BCUT2D eigenvalue weighted by molar-refractivity contribution is 0.457. The van der Waals surface area contributed by atoms with Crippen LogP contribution in [0.25, 0.3) is 32.1 Å². The van der Waals surface area contributed by atoms with Crippen LogP contribution in [0.3, 0.4) is 0 Å². The van der Waals surface area contributed by atoms with E-state index in [0.29, 0.717) is 6.07 Å². The number of benzene rings is 3. The molecule has 0 aliphatic heterocycles. The Kier molecular flexibility index (Phi) is 6.39. The van der Waals surface area contributed by atoms with Crippen molar-refractivity contribution in [3.05, 3.63) is 110 Å². The molecule has 34 heavy (non-hydrogen) atoms. The number of nitrogens with zero attached hydrogens (tertiary/aromatic N) is 4. The highest BCUT2D eigenvalue weighted by Crippen LogP contribution is 2.33. The zero-order valence-corrected chi connectivity index (χ0v) is 16.5. The van der Waals surface area contributed by atoms with E-state index in [1.165, 1.54) is 6.07 Å². The summed E-state index contributed by atoms with van der Waals surface area (Å²) in [5.41, 5.74) is -5.42. The molecular formula is C24H6F6N4. The minimum Gasteiger partial charge on any atom is -0.232 e. The van der Waals surface area contributed by atoms with Crippen molar-refractivity contribution in [2.24, 2.45) is 0 Å². The molecule has 10 heteroatoms. The smallest absolute Gasteiger partial charge is 0.232 e. The molecule has 0 saturated heterocycles. The molecular weight excluding hydrogens is 458 g/mol. The van der Waals surface area contributed by atoms with Crippen LogP contribution in [0, 0.1) is 70.7 Å². The number of nitriles is 2. The zero-order valence-electron chi connectivity index (χ0n) is 16.5. The van der Waals surface area contributed by atoms with Gasteiger partial charge < -0.3 is 0 Å². The van der Waals surface area contributed by atoms with Gasteiger partial charge in [-0.2, -0.15) is 5.26 Å². The summed E-state index contributed by atoms with van der Waals surface area (Å²) in [6.07, 6.45) is 0. The SMILES string of the molecule is [C-]#[N+]/C(C#N)=c1\cc/c(=C(/C#N)c2c(F)c(F)c([N+]#[C-])c(F)c2F)c(-c2cc(F)ccc2F)c1. The topological polar surface area (TPSA) is 56.3 Å². The molecule has 0 amide bonds. The summed E-state index contributed by atoms with van der Waals surface area (Å²) in [6, 6.07) is 8.23. The summed E-state index contributed by atoms with van der Waals surface area (Å²) in [5, 5.41) is 18.2. The van der Waals surface area contributed by atoms with Crippen LogP contribution in [0.15, 0.2) is 36.4 Å². The first kappa shape index (κ1) is 23.6. The van der Waals surface area contributed by atoms with E-state index in [4.69, 9.17) is 18.4 Å². The van der Waals surface area contributed by atoms with E-state index in [0.717, 1.165) is 30.3 Å². The third kappa shape index (κ3) is 3.81. The van der Waals surface area contributed by atoms with Gasteiger partial charge in [-0.05, 0) is 29.0 Å². The summed E-state index contributed by atoms with van der Waals surface area (Å²) in [7, 11) is 0. The standard InChI is InChI=1S/C24H6F6N4/c1-33-18(10-32)11-3-5-13(14(7-11)15-8-12(25)4-6-17(15)26)16(9-31)19-20(27)22(29)24(34-2)23(30)21(19)28/h3-8H/b16-13+,18-11+. The molecule has 0 aromatic heterocycles. The highest BCUT2D eigenvalue weighted by molar-refractivity contribution is 5.83. The maximum absolute atomic E-state index is 14.7. The van der Waals surface area contributed by atoms with E-state index < -0.39 is 73.8 Å². The Morgan fingerprint density at radius 1 is 0.765 bits per heavy atom. The van der Waals surface area contributed by atoms with Gasteiger partial charge >= 0.3 is 0 Å². The van der Waals surface area contributed by atoms with Gasteiger partial charge in [-0.1, -0.05) is 18.2 Å². The molecule has 0 fully saturated rings. The molecule has 0 spiro atoms. The number of hydrogen-bond acceptors (Lipinski definition) is 2. The summed E-state index contributed by atoms with van der Waals surface area (Å²) in [6.45, 7) is 13.8. The fraction of sp³-hybridized carbons (Fsp3) is 0.